The Balaban J connectivity index is 4.22. The van der Waals surface area contributed by atoms with Gasteiger partial charge >= 0.3 is 0 Å². The minimum atomic E-state index is -0.826. The van der Waals surface area contributed by atoms with Gasteiger partial charge in [0.05, 0.1) is 0 Å². The molecule has 1 atom stereocenters. The van der Waals surface area contributed by atoms with Crippen LogP contribution in [0.3, 0.4) is 0 Å². The van der Waals surface area contributed by atoms with Gasteiger partial charge in [-0.25, -0.2) is 0 Å². The summed E-state index contributed by atoms with van der Waals surface area (Å²) in [5, 5.41) is 2.45. The topological polar surface area (TPSA) is 115 Å². The molecule has 0 aliphatic heterocycles. The Morgan fingerprint density at radius 3 is 2.07 bits per heavy atom. The molecule has 3 amide bonds. The third-order valence-corrected chi connectivity index (χ3v) is 1.86. The number of hydrogen-bond donors (Lipinski definition) is 3. The molecule has 0 saturated carbocycles. The normalized spacial score (nSPS) is 12.2. The zero-order valence-electron chi connectivity index (χ0n) is 8.95. The average Bonchev–Trinajstić information content (AvgIpc) is 2.10. The summed E-state index contributed by atoms with van der Waals surface area (Å²) in [6.45, 7) is 3.39. The van der Waals surface area contributed by atoms with Gasteiger partial charge in [-0.3, -0.25) is 14.4 Å². The number of carbonyl (C=O) groups excluding carboxylic acids is 3. The highest BCUT2D eigenvalue weighted by atomic mass is 16.2. The van der Waals surface area contributed by atoms with Gasteiger partial charge in [-0.15, -0.1) is 0 Å². The van der Waals surface area contributed by atoms with Crippen LogP contribution in [-0.2, 0) is 14.4 Å². The predicted molar refractivity (Wildman–Crippen MR) is 54.4 cm³/mol. The van der Waals surface area contributed by atoms with Crippen molar-refractivity contribution in [2.75, 3.05) is 0 Å². The summed E-state index contributed by atoms with van der Waals surface area (Å²) in [6.07, 6.45) is 0.162. The second-order valence-electron chi connectivity index (χ2n) is 3.62. The Kier molecular flexibility index (Phi) is 5.36. The molecule has 86 valence electrons. The number of rotatable bonds is 6. The lowest BCUT2D eigenvalue weighted by Gasteiger charge is -2.15. The van der Waals surface area contributed by atoms with Crippen LogP contribution in [0.15, 0.2) is 0 Å². The molecule has 6 heteroatoms. The summed E-state index contributed by atoms with van der Waals surface area (Å²) < 4.78 is 0. The molecule has 0 aromatic rings. The molecule has 0 saturated heterocycles. The number of amides is 3. The molecule has 0 aliphatic carbocycles. The lowest BCUT2D eigenvalue weighted by Crippen LogP contribution is -2.46. The van der Waals surface area contributed by atoms with Gasteiger partial charge in [0.15, 0.2) is 0 Å². The van der Waals surface area contributed by atoms with Crippen LogP contribution in [-0.4, -0.2) is 23.8 Å². The van der Waals surface area contributed by atoms with Gasteiger partial charge in [-0.05, 0) is 6.42 Å². The second kappa shape index (κ2) is 6.00. The van der Waals surface area contributed by atoms with Gasteiger partial charge in [0.2, 0.25) is 17.7 Å². The molecule has 0 aliphatic rings. The second-order valence-corrected chi connectivity index (χ2v) is 3.62. The zero-order chi connectivity index (χ0) is 12.0. The first-order chi connectivity index (χ1) is 6.84. The molecule has 1 unspecified atom stereocenters. The molecule has 0 fully saturated rings. The van der Waals surface area contributed by atoms with Crippen LogP contribution >= 0.6 is 0 Å². The van der Waals surface area contributed by atoms with Crippen molar-refractivity contribution >= 4 is 17.7 Å². The van der Waals surface area contributed by atoms with Gasteiger partial charge in [0.1, 0.15) is 6.04 Å². The fourth-order valence-corrected chi connectivity index (χ4v) is 0.911. The summed E-state index contributed by atoms with van der Waals surface area (Å²) in [5.74, 6) is -1.70. The summed E-state index contributed by atoms with van der Waals surface area (Å²) in [4.78, 5) is 32.7. The van der Waals surface area contributed by atoms with Crippen molar-refractivity contribution in [2.24, 2.45) is 17.4 Å². The molecule has 0 radical (unpaired) electrons. The van der Waals surface area contributed by atoms with Gasteiger partial charge < -0.3 is 16.8 Å². The molecule has 0 heterocycles. The summed E-state index contributed by atoms with van der Waals surface area (Å²) in [7, 11) is 0. The molecule has 0 rings (SSSR count). The quantitative estimate of drug-likeness (QED) is 0.521. The Morgan fingerprint density at radius 2 is 1.73 bits per heavy atom. The van der Waals surface area contributed by atoms with E-state index >= 15 is 0 Å². The first kappa shape index (κ1) is 13.4. The van der Waals surface area contributed by atoms with Gasteiger partial charge in [0, 0.05) is 12.3 Å². The van der Waals surface area contributed by atoms with E-state index in [2.05, 4.69) is 5.32 Å². The summed E-state index contributed by atoms with van der Waals surface area (Å²) in [5.41, 5.74) is 9.99. The molecule has 5 N–H and O–H groups in total. The van der Waals surface area contributed by atoms with E-state index in [0.717, 1.165) is 0 Å². The fraction of sp³-hybridized carbons (Fsp3) is 0.667. The van der Waals surface area contributed by atoms with E-state index in [0.29, 0.717) is 0 Å². The Bertz CT molecular complexity index is 263. The Morgan fingerprint density at radius 1 is 1.20 bits per heavy atom. The maximum Gasteiger partial charge on any atom is 0.240 e. The highest BCUT2D eigenvalue weighted by Crippen LogP contribution is 1.99. The van der Waals surface area contributed by atoms with Crippen molar-refractivity contribution in [1.29, 1.82) is 0 Å². The number of hydrogen-bond acceptors (Lipinski definition) is 3. The largest absolute Gasteiger partial charge is 0.370 e. The van der Waals surface area contributed by atoms with Crippen LogP contribution < -0.4 is 16.8 Å². The monoisotopic (exact) mass is 215 g/mol. The Hall–Kier alpha value is -1.59. The van der Waals surface area contributed by atoms with Crippen molar-refractivity contribution in [1.82, 2.24) is 5.32 Å². The highest BCUT2D eigenvalue weighted by Gasteiger charge is 2.19. The first-order valence-electron chi connectivity index (χ1n) is 4.72. The Labute approximate surface area is 88.4 Å². The van der Waals surface area contributed by atoms with Crippen LogP contribution in [0.25, 0.3) is 0 Å². The standard InChI is InChI=1S/C9H17N3O3/c1-5(2)9(15)12-6(8(11)14)3-4-7(10)13/h5-6H,3-4H2,1-2H3,(H2,10,13)(H2,11,14)(H,12,15). The minimum Gasteiger partial charge on any atom is -0.370 e. The van der Waals surface area contributed by atoms with E-state index in [1.54, 1.807) is 13.8 Å². The lowest BCUT2D eigenvalue weighted by atomic mass is 10.1. The SMILES string of the molecule is CC(C)C(=O)NC(CCC(N)=O)C(N)=O. The van der Waals surface area contributed by atoms with Crippen LogP contribution in [0.5, 0.6) is 0 Å². The summed E-state index contributed by atoms with van der Waals surface area (Å²) >= 11 is 0. The van der Waals surface area contributed by atoms with E-state index < -0.39 is 17.9 Å². The lowest BCUT2D eigenvalue weighted by molar-refractivity contribution is -0.129. The van der Waals surface area contributed by atoms with Crippen molar-refractivity contribution in [3.05, 3.63) is 0 Å². The number of carbonyl (C=O) groups is 3. The third kappa shape index (κ3) is 5.66. The van der Waals surface area contributed by atoms with E-state index in [-0.39, 0.29) is 24.7 Å². The molecule has 0 aromatic heterocycles. The number of primary amides is 2. The first-order valence-corrected chi connectivity index (χ1v) is 4.72. The van der Waals surface area contributed by atoms with Crippen LogP contribution in [0, 0.1) is 5.92 Å². The van der Waals surface area contributed by atoms with E-state index in [9.17, 15) is 14.4 Å². The van der Waals surface area contributed by atoms with Gasteiger partial charge in [-0.1, -0.05) is 13.8 Å². The molecule has 15 heavy (non-hydrogen) atoms. The molecule has 6 nitrogen and oxygen atoms in total. The maximum absolute atomic E-state index is 11.3. The van der Waals surface area contributed by atoms with E-state index in [1.165, 1.54) is 0 Å². The smallest absolute Gasteiger partial charge is 0.240 e. The van der Waals surface area contributed by atoms with E-state index in [4.69, 9.17) is 11.5 Å². The zero-order valence-corrected chi connectivity index (χ0v) is 8.95. The van der Waals surface area contributed by atoms with Crippen LogP contribution in [0.4, 0.5) is 0 Å². The predicted octanol–water partition coefficient (Wildman–Crippen LogP) is -1.12. The third-order valence-electron chi connectivity index (χ3n) is 1.86. The van der Waals surface area contributed by atoms with Gasteiger partial charge in [0.25, 0.3) is 0 Å². The van der Waals surface area contributed by atoms with Crippen molar-refractivity contribution in [3.63, 3.8) is 0 Å². The number of nitrogens with one attached hydrogen (secondary N) is 1. The minimum absolute atomic E-state index is 0.0198. The maximum atomic E-state index is 11.3. The van der Waals surface area contributed by atoms with E-state index in [1.807, 2.05) is 0 Å². The summed E-state index contributed by atoms with van der Waals surface area (Å²) in [6, 6.07) is -0.826. The van der Waals surface area contributed by atoms with Crippen LogP contribution in [0.1, 0.15) is 26.7 Å². The van der Waals surface area contributed by atoms with Crippen molar-refractivity contribution < 1.29 is 14.4 Å². The fourth-order valence-electron chi connectivity index (χ4n) is 0.911. The average molecular weight is 215 g/mol. The van der Waals surface area contributed by atoms with Crippen LogP contribution in [0.2, 0.25) is 0 Å². The van der Waals surface area contributed by atoms with Crippen molar-refractivity contribution in [2.45, 2.75) is 32.7 Å². The van der Waals surface area contributed by atoms with Crippen molar-refractivity contribution in [3.8, 4) is 0 Å². The number of nitrogens with two attached hydrogens (primary N) is 2. The van der Waals surface area contributed by atoms with Gasteiger partial charge in [-0.2, -0.15) is 0 Å². The molecule has 0 spiro atoms. The molecule has 0 bridgehead atoms. The molecular weight excluding hydrogens is 198 g/mol. The molecular formula is C9H17N3O3. The molecule has 0 aromatic carbocycles. The highest BCUT2D eigenvalue weighted by molar-refractivity contribution is 5.87.